The lowest BCUT2D eigenvalue weighted by Crippen LogP contribution is -2.24. The molecule has 18 heavy (non-hydrogen) atoms. The van der Waals surface area contributed by atoms with Gasteiger partial charge in [-0.15, -0.1) is 5.10 Å². The quantitative estimate of drug-likeness (QED) is 0.853. The van der Waals surface area contributed by atoms with E-state index in [1.165, 1.54) is 4.68 Å². The number of hydrogen-bond acceptors (Lipinski definition) is 2. The van der Waals surface area contributed by atoms with Crippen molar-refractivity contribution in [3.63, 3.8) is 0 Å². The van der Waals surface area contributed by atoms with E-state index >= 15 is 0 Å². The summed E-state index contributed by atoms with van der Waals surface area (Å²) in [5.41, 5.74) is 0.859. The average Bonchev–Trinajstić information content (AvgIpc) is 2.68. The van der Waals surface area contributed by atoms with Crippen LogP contribution in [0.5, 0.6) is 0 Å². The Balaban J connectivity index is 2.53. The molecule has 0 radical (unpaired) electrons. The smallest absolute Gasteiger partial charge is 0.275 e. The second-order valence-electron chi connectivity index (χ2n) is 4.08. The maximum atomic E-state index is 12.1. The second kappa shape index (κ2) is 5.40. The summed E-state index contributed by atoms with van der Waals surface area (Å²) in [5, 5.41) is 5.07. The number of benzene rings is 1. The predicted molar refractivity (Wildman–Crippen MR) is 72.9 cm³/mol. The van der Waals surface area contributed by atoms with Crippen LogP contribution in [0.4, 0.5) is 0 Å². The van der Waals surface area contributed by atoms with Gasteiger partial charge in [-0.3, -0.25) is 4.57 Å². The third-order valence-electron chi connectivity index (χ3n) is 2.78. The Morgan fingerprint density at radius 1 is 1.22 bits per heavy atom. The maximum absolute atomic E-state index is 12.1. The first kappa shape index (κ1) is 12.9. The highest BCUT2D eigenvalue weighted by Crippen LogP contribution is 2.18. The third kappa shape index (κ3) is 2.34. The molecule has 5 heteroatoms. The Morgan fingerprint density at radius 2 is 1.89 bits per heavy atom. The molecule has 0 bridgehead atoms. The Hall–Kier alpha value is -1.55. The Labute approximate surface area is 111 Å². The minimum absolute atomic E-state index is 0.0516. The van der Waals surface area contributed by atoms with E-state index in [0.29, 0.717) is 23.9 Å². The molecule has 0 spiro atoms. The number of hydrogen-bond donors (Lipinski definition) is 0. The summed E-state index contributed by atoms with van der Waals surface area (Å²) in [7, 11) is 0. The van der Waals surface area contributed by atoms with Crippen molar-refractivity contribution < 1.29 is 0 Å². The SMILES string of the molecule is CCCn1nc(-c2ccc(Cl)cc2)n(CC)c1=O. The molecule has 0 aliphatic heterocycles. The van der Waals surface area contributed by atoms with E-state index in [-0.39, 0.29) is 5.69 Å². The van der Waals surface area contributed by atoms with Crippen LogP contribution in [0.1, 0.15) is 20.3 Å². The largest absolute Gasteiger partial charge is 0.346 e. The van der Waals surface area contributed by atoms with Gasteiger partial charge in [-0.1, -0.05) is 18.5 Å². The van der Waals surface area contributed by atoms with Crippen molar-refractivity contribution >= 4 is 11.6 Å². The molecule has 4 nitrogen and oxygen atoms in total. The molecule has 0 aliphatic carbocycles. The highest BCUT2D eigenvalue weighted by Gasteiger charge is 2.12. The number of halogens is 1. The van der Waals surface area contributed by atoms with Crippen molar-refractivity contribution in [2.24, 2.45) is 0 Å². The van der Waals surface area contributed by atoms with Crippen molar-refractivity contribution in [1.29, 1.82) is 0 Å². The van der Waals surface area contributed by atoms with Gasteiger partial charge >= 0.3 is 5.69 Å². The van der Waals surface area contributed by atoms with Crippen LogP contribution in [-0.2, 0) is 13.1 Å². The molecule has 1 heterocycles. The number of aromatic nitrogens is 3. The highest BCUT2D eigenvalue weighted by molar-refractivity contribution is 6.30. The average molecular weight is 266 g/mol. The lowest BCUT2D eigenvalue weighted by Gasteiger charge is -2.01. The van der Waals surface area contributed by atoms with Gasteiger partial charge in [0.25, 0.3) is 0 Å². The molecular weight excluding hydrogens is 250 g/mol. The van der Waals surface area contributed by atoms with E-state index in [1.54, 1.807) is 16.7 Å². The fourth-order valence-electron chi connectivity index (χ4n) is 1.90. The van der Waals surface area contributed by atoms with Gasteiger partial charge in [0.2, 0.25) is 0 Å². The Bertz CT molecular complexity index is 583. The highest BCUT2D eigenvalue weighted by atomic mass is 35.5. The maximum Gasteiger partial charge on any atom is 0.346 e. The molecule has 96 valence electrons. The zero-order chi connectivity index (χ0) is 13.1. The molecule has 0 fully saturated rings. The number of aryl methyl sites for hydroxylation is 1. The lowest BCUT2D eigenvalue weighted by molar-refractivity contribution is 0.568. The molecule has 1 aromatic carbocycles. The first-order chi connectivity index (χ1) is 8.67. The molecule has 1 aromatic heterocycles. The molecular formula is C13H16ClN3O. The van der Waals surface area contributed by atoms with Gasteiger partial charge in [0.05, 0.1) is 0 Å². The van der Waals surface area contributed by atoms with Crippen LogP contribution in [0.15, 0.2) is 29.1 Å². The summed E-state index contributed by atoms with van der Waals surface area (Å²) in [4.78, 5) is 12.1. The monoisotopic (exact) mass is 265 g/mol. The molecule has 0 unspecified atom stereocenters. The standard InChI is InChI=1S/C13H16ClN3O/c1-3-9-17-13(18)16(4-2)12(15-17)10-5-7-11(14)8-6-10/h5-8H,3-4,9H2,1-2H3. The summed E-state index contributed by atoms with van der Waals surface area (Å²) in [5.74, 6) is 0.701. The minimum Gasteiger partial charge on any atom is -0.275 e. The molecule has 0 saturated carbocycles. The minimum atomic E-state index is -0.0516. The second-order valence-corrected chi connectivity index (χ2v) is 4.52. The van der Waals surface area contributed by atoms with E-state index in [9.17, 15) is 4.79 Å². The molecule has 0 amide bonds. The number of nitrogens with zero attached hydrogens (tertiary/aromatic N) is 3. The van der Waals surface area contributed by atoms with Crippen LogP contribution in [0, 0.1) is 0 Å². The van der Waals surface area contributed by atoms with Gasteiger partial charge in [0.1, 0.15) is 0 Å². The van der Waals surface area contributed by atoms with Crippen molar-refractivity contribution in [1.82, 2.24) is 14.3 Å². The zero-order valence-electron chi connectivity index (χ0n) is 10.6. The van der Waals surface area contributed by atoms with E-state index in [4.69, 9.17) is 11.6 Å². The summed E-state index contributed by atoms with van der Waals surface area (Å²) < 4.78 is 3.20. The summed E-state index contributed by atoms with van der Waals surface area (Å²) in [6, 6.07) is 7.37. The molecule has 0 saturated heterocycles. The third-order valence-corrected chi connectivity index (χ3v) is 3.03. The van der Waals surface area contributed by atoms with Crippen LogP contribution in [0.3, 0.4) is 0 Å². The van der Waals surface area contributed by atoms with Gasteiger partial charge in [0, 0.05) is 23.7 Å². The van der Waals surface area contributed by atoms with E-state index < -0.39 is 0 Å². The van der Waals surface area contributed by atoms with E-state index in [2.05, 4.69) is 5.10 Å². The van der Waals surface area contributed by atoms with Crippen LogP contribution in [0.25, 0.3) is 11.4 Å². The molecule has 0 N–H and O–H groups in total. The fraction of sp³-hybridized carbons (Fsp3) is 0.385. The Morgan fingerprint density at radius 3 is 2.44 bits per heavy atom. The van der Waals surface area contributed by atoms with Gasteiger partial charge in [-0.05, 0) is 37.6 Å². The van der Waals surface area contributed by atoms with Crippen LogP contribution in [0.2, 0.25) is 5.02 Å². The van der Waals surface area contributed by atoms with Crippen LogP contribution in [-0.4, -0.2) is 14.3 Å². The van der Waals surface area contributed by atoms with E-state index in [1.807, 2.05) is 26.0 Å². The normalized spacial score (nSPS) is 10.8. The summed E-state index contributed by atoms with van der Waals surface area (Å²) in [6.07, 6.45) is 0.890. The van der Waals surface area contributed by atoms with Crippen molar-refractivity contribution in [3.8, 4) is 11.4 Å². The Kier molecular flexibility index (Phi) is 3.87. The topological polar surface area (TPSA) is 39.8 Å². The van der Waals surface area contributed by atoms with Crippen molar-refractivity contribution in [3.05, 3.63) is 39.8 Å². The first-order valence-electron chi connectivity index (χ1n) is 6.11. The van der Waals surface area contributed by atoms with Gasteiger partial charge in [0.15, 0.2) is 5.82 Å². The van der Waals surface area contributed by atoms with Gasteiger partial charge < -0.3 is 0 Å². The van der Waals surface area contributed by atoms with Crippen molar-refractivity contribution in [2.75, 3.05) is 0 Å². The molecule has 0 atom stereocenters. The van der Waals surface area contributed by atoms with E-state index in [0.717, 1.165) is 12.0 Å². The number of rotatable bonds is 4. The summed E-state index contributed by atoms with van der Waals surface area (Å²) >= 11 is 5.86. The predicted octanol–water partition coefficient (Wildman–Crippen LogP) is 2.80. The molecule has 2 rings (SSSR count). The molecule has 2 aromatic rings. The van der Waals surface area contributed by atoms with Crippen LogP contribution < -0.4 is 5.69 Å². The van der Waals surface area contributed by atoms with Gasteiger partial charge in [-0.2, -0.15) is 0 Å². The molecule has 0 aliphatic rings. The van der Waals surface area contributed by atoms with Crippen molar-refractivity contribution in [2.45, 2.75) is 33.4 Å². The lowest BCUT2D eigenvalue weighted by atomic mass is 10.2. The zero-order valence-corrected chi connectivity index (χ0v) is 11.3. The summed E-state index contributed by atoms with van der Waals surface area (Å²) in [6.45, 7) is 5.23. The van der Waals surface area contributed by atoms with Crippen LogP contribution >= 0.6 is 11.6 Å². The fourth-order valence-corrected chi connectivity index (χ4v) is 2.02. The first-order valence-corrected chi connectivity index (χ1v) is 6.48. The van der Waals surface area contributed by atoms with Gasteiger partial charge in [-0.25, -0.2) is 9.48 Å².